The molecule has 0 aliphatic carbocycles. The van der Waals surface area contributed by atoms with Crippen LogP contribution in [0.15, 0.2) is 35.1 Å². The first-order valence-corrected chi connectivity index (χ1v) is 7.18. The van der Waals surface area contributed by atoms with Gasteiger partial charge in [0.2, 0.25) is 0 Å². The summed E-state index contributed by atoms with van der Waals surface area (Å²) in [5, 5.41) is 0. The van der Waals surface area contributed by atoms with Crippen molar-refractivity contribution in [2.24, 2.45) is 0 Å². The molecule has 1 aromatic heterocycles. The molecule has 0 N–H and O–H groups in total. The summed E-state index contributed by atoms with van der Waals surface area (Å²) in [5.41, 5.74) is 2.90. The minimum atomic E-state index is -0.372. The van der Waals surface area contributed by atoms with Gasteiger partial charge in [-0.05, 0) is 31.9 Å². The van der Waals surface area contributed by atoms with Crippen LogP contribution in [-0.4, -0.2) is 15.3 Å². The molecule has 21 heavy (non-hydrogen) atoms. The Morgan fingerprint density at radius 1 is 1.19 bits per heavy atom. The second kappa shape index (κ2) is 6.48. The Labute approximate surface area is 124 Å². The first kappa shape index (κ1) is 15.2. The van der Waals surface area contributed by atoms with Gasteiger partial charge in [-0.1, -0.05) is 37.6 Å². The Kier molecular flexibility index (Phi) is 4.68. The lowest BCUT2D eigenvalue weighted by Gasteiger charge is -2.09. The molecule has 4 nitrogen and oxygen atoms in total. The Hall–Kier alpha value is -2.23. The minimum Gasteiger partial charge on any atom is -0.292 e. The van der Waals surface area contributed by atoms with Crippen molar-refractivity contribution in [3.8, 4) is 0 Å². The third kappa shape index (κ3) is 3.66. The third-order valence-corrected chi connectivity index (χ3v) is 3.46. The second-order valence-corrected chi connectivity index (χ2v) is 5.28. The fourth-order valence-electron chi connectivity index (χ4n) is 2.35. The SMILES string of the molecule is CCCc1ccc(C(=O)Cn2c(C)cc(C)nc2=O)cc1. The summed E-state index contributed by atoms with van der Waals surface area (Å²) in [6, 6.07) is 9.41. The van der Waals surface area contributed by atoms with Crippen molar-refractivity contribution in [1.29, 1.82) is 0 Å². The van der Waals surface area contributed by atoms with Crippen molar-refractivity contribution in [1.82, 2.24) is 9.55 Å². The monoisotopic (exact) mass is 284 g/mol. The van der Waals surface area contributed by atoms with Crippen LogP contribution in [-0.2, 0) is 13.0 Å². The molecule has 1 heterocycles. The summed E-state index contributed by atoms with van der Waals surface area (Å²) < 4.78 is 1.41. The van der Waals surface area contributed by atoms with Gasteiger partial charge in [0, 0.05) is 17.0 Å². The van der Waals surface area contributed by atoms with Crippen molar-refractivity contribution < 1.29 is 4.79 Å². The molecule has 0 amide bonds. The highest BCUT2D eigenvalue weighted by atomic mass is 16.2. The van der Waals surface area contributed by atoms with Crippen LogP contribution in [0.25, 0.3) is 0 Å². The van der Waals surface area contributed by atoms with E-state index in [9.17, 15) is 9.59 Å². The topological polar surface area (TPSA) is 52.0 Å². The number of carbonyl (C=O) groups excluding carboxylic acids is 1. The number of hydrogen-bond donors (Lipinski definition) is 0. The van der Waals surface area contributed by atoms with Crippen molar-refractivity contribution in [3.63, 3.8) is 0 Å². The van der Waals surface area contributed by atoms with Gasteiger partial charge in [-0.15, -0.1) is 0 Å². The molecule has 4 heteroatoms. The van der Waals surface area contributed by atoms with E-state index in [1.54, 1.807) is 13.0 Å². The van der Waals surface area contributed by atoms with E-state index >= 15 is 0 Å². The van der Waals surface area contributed by atoms with E-state index in [2.05, 4.69) is 11.9 Å². The number of nitrogens with zero attached hydrogens (tertiary/aromatic N) is 2. The molecule has 0 spiro atoms. The molecule has 0 aliphatic heterocycles. The van der Waals surface area contributed by atoms with Crippen LogP contribution in [0, 0.1) is 13.8 Å². The molecular weight excluding hydrogens is 264 g/mol. The first-order valence-electron chi connectivity index (χ1n) is 7.18. The Balaban J connectivity index is 2.20. The number of hydrogen-bond acceptors (Lipinski definition) is 3. The molecule has 0 atom stereocenters. The molecule has 0 saturated heterocycles. The average molecular weight is 284 g/mol. The largest absolute Gasteiger partial charge is 0.348 e. The van der Waals surface area contributed by atoms with Gasteiger partial charge in [-0.25, -0.2) is 4.79 Å². The predicted molar refractivity (Wildman–Crippen MR) is 82.7 cm³/mol. The predicted octanol–water partition coefficient (Wildman–Crippen LogP) is 2.70. The van der Waals surface area contributed by atoms with E-state index in [0.29, 0.717) is 11.3 Å². The molecule has 110 valence electrons. The van der Waals surface area contributed by atoms with E-state index in [1.807, 2.05) is 31.2 Å². The van der Waals surface area contributed by atoms with Gasteiger partial charge in [0.15, 0.2) is 5.78 Å². The second-order valence-electron chi connectivity index (χ2n) is 5.28. The zero-order chi connectivity index (χ0) is 15.4. The highest BCUT2D eigenvalue weighted by Gasteiger charge is 2.10. The maximum absolute atomic E-state index is 12.3. The normalized spacial score (nSPS) is 10.6. The van der Waals surface area contributed by atoms with E-state index in [-0.39, 0.29) is 18.0 Å². The lowest BCUT2D eigenvalue weighted by molar-refractivity contribution is 0.0969. The maximum Gasteiger partial charge on any atom is 0.348 e. The number of benzene rings is 1. The minimum absolute atomic E-state index is 0.0328. The van der Waals surface area contributed by atoms with Crippen LogP contribution in [0.3, 0.4) is 0 Å². The van der Waals surface area contributed by atoms with Crippen molar-refractivity contribution in [2.45, 2.75) is 40.2 Å². The molecule has 0 bridgehead atoms. The van der Waals surface area contributed by atoms with E-state index < -0.39 is 0 Å². The lowest BCUT2D eigenvalue weighted by Crippen LogP contribution is -2.28. The Bertz CT molecular complexity index is 700. The van der Waals surface area contributed by atoms with Gasteiger partial charge < -0.3 is 0 Å². The van der Waals surface area contributed by atoms with Gasteiger partial charge >= 0.3 is 5.69 Å². The van der Waals surface area contributed by atoms with Crippen LogP contribution in [0.1, 0.15) is 40.7 Å². The fraction of sp³-hybridized carbons (Fsp3) is 0.353. The van der Waals surface area contributed by atoms with Gasteiger partial charge in [0.1, 0.15) is 0 Å². The lowest BCUT2D eigenvalue weighted by atomic mass is 10.1. The van der Waals surface area contributed by atoms with E-state index in [4.69, 9.17) is 0 Å². The van der Waals surface area contributed by atoms with Crippen LogP contribution in [0.5, 0.6) is 0 Å². The first-order chi connectivity index (χ1) is 10.0. The molecule has 0 fully saturated rings. The Morgan fingerprint density at radius 3 is 2.43 bits per heavy atom. The van der Waals surface area contributed by atoms with Gasteiger partial charge in [0.05, 0.1) is 6.54 Å². The van der Waals surface area contributed by atoms with Crippen LogP contribution in [0.2, 0.25) is 0 Å². The maximum atomic E-state index is 12.3. The number of aromatic nitrogens is 2. The van der Waals surface area contributed by atoms with Gasteiger partial charge in [-0.2, -0.15) is 4.98 Å². The highest BCUT2D eigenvalue weighted by molar-refractivity contribution is 5.95. The zero-order valence-electron chi connectivity index (χ0n) is 12.7. The standard InChI is InChI=1S/C17H20N2O2/c1-4-5-14-6-8-15(9-7-14)16(20)11-19-13(3)10-12(2)18-17(19)21/h6-10H,4-5,11H2,1-3H3. The van der Waals surface area contributed by atoms with Crippen LogP contribution in [0.4, 0.5) is 0 Å². The number of rotatable bonds is 5. The molecule has 0 aliphatic rings. The van der Waals surface area contributed by atoms with Crippen LogP contribution >= 0.6 is 0 Å². The third-order valence-electron chi connectivity index (χ3n) is 3.46. The Morgan fingerprint density at radius 2 is 1.86 bits per heavy atom. The summed E-state index contributed by atoms with van der Waals surface area (Å²) in [6.45, 7) is 5.74. The quantitative estimate of drug-likeness (QED) is 0.793. The molecule has 1 aromatic carbocycles. The number of aryl methyl sites for hydroxylation is 3. The summed E-state index contributed by atoms with van der Waals surface area (Å²) >= 11 is 0. The smallest absolute Gasteiger partial charge is 0.292 e. The molecule has 0 radical (unpaired) electrons. The summed E-state index contributed by atoms with van der Waals surface area (Å²) in [5.74, 6) is -0.0751. The summed E-state index contributed by atoms with van der Waals surface area (Å²) in [4.78, 5) is 28.0. The zero-order valence-corrected chi connectivity index (χ0v) is 12.7. The van der Waals surface area contributed by atoms with E-state index in [1.165, 1.54) is 10.1 Å². The van der Waals surface area contributed by atoms with Crippen molar-refractivity contribution in [2.75, 3.05) is 0 Å². The highest BCUT2D eigenvalue weighted by Crippen LogP contribution is 2.08. The van der Waals surface area contributed by atoms with Crippen LogP contribution < -0.4 is 5.69 Å². The average Bonchev–Trinajstić information content (AvgIpc) is 2.43. The summed E-state index contributed by atoms with van der Waals surface area (Å²) in [6.07, 6.45) is 2.09. The molecule has 2 aromatic rings. The molecular formula is C17H20N2O2. The molecule has 0 saturated carbocycles. The number of Topliss-reactive ketones (excluding diaryl/α,β-unsaturated/α-hetero) is 1. The summed E-state index contributed by atoms with van der Waals surface area (Å²) in [7, 11) is 0. The van der Waals surface area contributed by atoms with Crippen molar-refractivity contribution >= 4 is 5.78 Å². The molecule has 0 unspecified atom stereocenters. The van der Waals surface area contributed by atoms with Gasteiger partial charge in [-0.3, -0.25) is 9.36 Å². The number of carbonyl (C=O) groups is 1. The fourth-order valence-corrected chi connectivity index (χ4v) is 2.35. The number of ketones is 1. The van der Waals surface area contributed by atoms with E-state index in [0.717, 1.165) is 18.5 Å². The molecule has 2 rings (SSSR count). The van der Waals surface area contributed by atoms with Crippen molar-refractivity contribution in [3.05, 3.63) is 63.3 Å². The van der Waals surface area contributed by atoms with Gasteiger partial charge in [0.25, 0.3) is 0 Å².